The quantitative estimate of drug-likeness (QED) is 0.151. The third kappa shape index (κ3) is 6.54. The molecule has 0 fully saturated rings. The number of pyridine rings is 2. The van der Waals surface area contributed by atoms with E-state index in [4.69, 9.17) is 19.9 Å². The summed E-state index contributed by atoms with van der Waals surface area (Å²) in [5, 5.41) is 4.56. The first kappa shape index (κ1) is 35.0. The Bertz CT molecular complexity index is 3350. The molecule has 0 unspecified atom stereocenters. The molecule has 60 heavy (non-hydrogen) atoms. The van der Waals surface area contributed by atoms with Crippen molar-refractivity contribution in [3.8, 4) is 78.8 Å². The van der Waals surface area contributed by atoms with Crippen LogP contribution in [-0.4, -0.2) is 24.9 Å². The van der Waals surface area contributed by atoms with Crippen molar-refractivity contribution in [2.75, 3.05) is 0 Å². The number of benzene rings is 8. The minimum absolute atomic E-state index is 0.628. The molecule has 11 aromatic rings. The molecule has 11 rings (SSSR count). The summed E-state index contributed by atoms with van der Waals surface area (Å²) in [7, 11) is 0. The van der Waals surface area contributed by atoms with Crippen LogP contribution in [0.4, 0.5) is 0 Å². The Morgan fingerprint density at radius 3 is 1.40 bits per heavy atom. The molecule has 0 N–H and O–H groups in total. The molecule has 0 aliphatic rings. The molecular formula is C55H35N5. The van der Waals surface area contributed by atoms with Gasteiger partial charge in [0.05, 0.1) is 16.7 Å². The summed E-state index contributed by atoms with van der Waals surface area (Å²) < 4.78 is 0. The molecule has 0 saturated heterocycles. The van der Waals surface area contributed by atoms with Gasteiger partial charge in [0.25, 0.3) is 0 Å². The first-order valence-electron chi connectivity index (χ1n) is 20.1. The van der Waals surface area contributed by atoms with E-state index in [9.17, 15) is 0 Å². The van der Waals surface area contributed by atoms with Gasteiger partial charge >= 0.3 is 0 Å². The maximum atomic E-state index is 5.07. The minimum atomic E-state index is 0.628. The van der Waals surface area contributed by atoms with Crippen LogP contribution >= 0.6 is 0 Å². The van der Waals surface area contributed by atoms with Crippen LogP contribution in [0.15, 0.2) is 212 Å². The van der Waals surface area contributed by atoms with Crippen LogP contribution in [0, 0.1) is 0 Å². The zero-order valence-corrected chi connectivity index (χ0v) is 32.4. The van der Waals surface area contributed by atoms with Gasteiger partial charge in [0.1, 0.15) is 0 Å². The number of hydrogen-bond acceptors (Lipinski definition) is 5. The molecule has 8 aromatic carbocycles. The van der Waals surface area contributed by atoms with Crippen molar-refractivity contribution >= 4 is 32.6 Å². The molecular weight excluding hydrogens is 731 g/mol. The molecule has 3 heterocycles. The third-order valence-corrected chi connectivity index (χ3v) is 11.2. The highest BCUT2D eigenvalue weighted by Gasteiger charge is 2.15. The third-order valence-electron chi connectivity index (χ3n) is 11.2. The molecule has 280 valence electrons. The fourth-order valence-electron chi connectivity index (χ4n) is 8.13. The van der Waals surface area contributed by atoms with Crippen molar-refractivity contribution in [1.29, 1.82) is 0 Å². The maximum absolute atomic E-state index is 5.07. The van der Waals surface area contributed by atoms with E-state index >= 15 is 0 Å². The molecule has 5 nitrogen and oxygen atoms in total. The summed E-state index contributed by atoms with van der Waals surface area (Å²) >= 11 is 0. The summed E-state index contributed by atoms with van der Waals surface area (Å²) in [4.78, 5) is 24.7. The highest BCUT2D eigenvalue weighted by molar-refractivity contribution is 6.06. The summed E-state index contributed by atoms with van der Waals surface area (Å²) in [5.74, 6) is 1.90. The Balaban J connectivity index is 0.924. The Morgan fingerprint density at radius 1 is 0.267 bits per heavy atom. The van der Waals surface area contributed by atoms with E-state index in [-0.39, 0.29) is 0 Å². The van der Waals surface area contributed by atoms with Gasteiger partial charge < -0.3 is 0 Å². The van der Waals surface area contributed by atoms with Gasteiger partial charge in [-0.3, -0.25) is 4.98 Å². The second-order valence-electron chi connectivity index (χ2n) is 14.9. The lowest BCUT2D eigenvalue weighted by Crippen LogP contribution is -2.00. The van der Waals surface area contributed by atoms with E-state index in [0.717, 1.165) is 77.6 Å². The van der Waals surface area contributed by atoms with Crippen LogP contribution in [0.1, 0.15) is 0 Å². The summed E-state index contributed by atoms with van der Waals surface area (Å²) in [6, 6.07) is 71.8. The Morgan fingerprint density at radius 2 is 0.750 bits per heavy atom. The van der Waals surface area contributed by atoms with E-state index in [1.165, 1.54) is 16.3 Å². The standard InChI is InChI=1S/C55H35N5/c1-3-11-36(12-4-1)44-15-9-16-45(35-44)55-59-53(42-13-5-2-6-14-42)58-54(60-55)43-28-22-38(23-29-43)47-32-31-46(48-18-7-8-19-49(47)48)37-20-24-39(25-21-37)50-33-30-41-27-26-40-17-10-34-56-51(40)52(41)57-50/h1-35H. The predicted molar refractivity (Wildman–Crippen MR) is 246 cm³/mol. The number of nitrogens with zero attached hydrogens (tertiary/aromatic N) is 5. The van der Waals surface area contributed by atoms with Crippen molar-refractivity contribution in [3.05, 3.63) is 212 Å². The first-order chi connectivity index (χ1) is 29.7. The second-order valence-corrected chi connectivity index (χ2v) is 14.9. The van der Waals surface area contributed by atoms with Crippen LogP contribution in [-0.2, 0) is 0 Å². The summed E-state index contributed by atoms with van der Waals surface area (Å²) in [6.07, 6.45) is 1.83. The lowest BCUT2D eigenvalue weighted by molar-refractivity contribution is 1.07. The van der Waals surface area contributed by atoms with Gasteiger partial charge in [0, 0.05) is 39.2 Å². The Labute approximate surface area is 347 Å². The molecule has 0 saturated carbocycles. The average Bonchev–Trinajstić information content (AvgIpc) is 3.34. The molecule has 0 radical (unpaired) electrons. The molecule has 0 aliphatic heterocycles. The van der Waals surface area contributed by atoms with E-state index in [1.54, 1.807) is 0 Å². The normalized spacial score (nSPS) is 11.3. The van der Waals surface area contributed by atoms with Crippen molar-refractivity contribution in [1.82, 2.24) is 24.9 Å². The van der Waals surface area contributed by atoms with Gasteiger partial charge in [0.15, 0.2) is 17.5 Å². The van der Waals surface area contributed by atoms with E-state index in [2.05, 4.69) is 169 Å². The smallest absolute Gasteiger partial charge is 0.164 e. The van der Waals surface area contributed by atoms with E-state index in [1.807, 2.05) is 48.7 Å². The van der Waals surface area contributed by atoms with Crippen molar-refractivity contribution in [3.63, 3.8) is 0 Å². The molecule has 0 aliphatic carbocycles. The van der Waals surface area contributed by atoms with Crippen LogP contribution in [0.5, 0.6) is 0 Å². The molecule has 0 atom stereocenters. The number of rotatable bonds is 7. The van der Waals surface area contributed by atoms with Crippen LogP contribution < -0.4 is 0 Å². The first-order valence-corrected chi connectivity index (χ1v) is 20.1. The van der Waals surface area contributed by atoms with E-state index in [0.29, 0.717) is 17.5 Å². The highest BCUT2D eigenvalue weighted by Crippen LogP contribution is 2.37. The topological polar surface area (TPSA) is 64.5 Å². The van der Waals surface area contributed by atoms with Gasteiger partial charge in [-0.2, -0.15) is 0 Å². The monoisotopic (exact) mass is 765 g/mol. The number of fused-ring (bicyclic) bond motifs is 4. The highest BCUT2D eigenvalue weighted by atomic mass is 15.0. The van der Waals surface area contributed by atoms with Gasteiger partial charge in [-0.25, -0.2) is 19.9 Å². The molecule has 5 heteroatoms. The Kier molecular flexibility index (Phi) is 8.75. The van der Waals surface area contributed by atoms with Crippen molar-refractivity contribution in [2.24, 2.45) is 0 Å². The van der Waals surface area contributed by atoms with Crippen molar-refractivity contribution < 1.29 is 0 Å². The molecule has 0 amide bonds. The fraction of sp³-hybridized carbons (Fsp3) is 0. The van der Waals surface area contributed by atoms with Crippen LogP contribution in [0.2, 0.25) is 0 Å². The second kappa shape index (κ2) is 15.0. The summed E-state index contributed by atoms with van der Waals surface area (Å²) in [6.45, 7) is 0. The minimum Gasteiger partial charge on any atom is -0.254 e. The lowest BCUT2D eigenvalue weighted by atomic mass is 9.91. The zero-order chi connectivity index (χ0) is 39.8. The number of hydrogen-bond donors (Lipinski definition) is 0. The maximum Gasteiger partial charge on any atom is 0.164 e. The Hall–Kier alpha value is -8.15. The van der Waals surface area contributed by atoms with E-state index < -0.39 is 0 Å². The molecule has 3 aromatic heterocycles. The lowest BCUT2D eigenvalue weighted by Gasteiger charge is -2.13. The van der Waals surface area contributed by atoms with Crippen LogP contribution in [0.25, 0.3) is 111 Å². The SMILES string of the molecule is c1ccc(-c2cccc(-c3nc(-c4ccccc4)nc(-c4ccc(-c5ccc(-c6ccc(-c7ccc8ccc9cccnc9c8n7)cc6)c6ccccc56)cc4)n3)c2)cc1. The average molecular weight is 766 g/mol. The zero-order valence-electron chi connectivity index (χ0n) is 32.4. The largest absolute Gasteiger partial charge is 0.254 e. The number of aromatic nitrogens is 5. The van der Waals surface area contributed by atoms with Gasteiger partial charge in [-0.05, 0) is 62.4 Å². The summed E-state index contributed by atoms with van der Waals surface area (Å²) in [5.41, 5.74) is 13.5. The predicted octanol–water partition coefficient (Wildman–Crippen LogP) is 13.8. The molecule has 0 spiro atoms. The fourth-order valence-corrected chi connectivity index (χ4v) is 8.13. The van der Waals surface area contributed by atoms with Gasteiger partial charge in [-0.1, -0.05) is 188 Å². The van der Waals surface area contributed by atoms with Crippen molar-refractivity contribution in [2.45, 2.75) is 0 Å². The van der Waals surface area contributed by atoms with Gasteiger partial charge in [0.2, 0.25) is 0 Å². The van der Waals surface area contributed by atoms with Gasteiger partial charge in [-0.15, -0.1) is 0 Å². The van der Waals surface area contributed by atoms with Crippen LogP contribution in [0.3, 0.4) is 0 Å². The molecule has 0 bridgehead atoms.